The van der Waals surface area contributed by atoms with E-state index in [-0.39, 0.29) is 58.9 Å². The second-order valence-corrected chi connectivity index (χ2v) is 16.5. The second-order valence-electron chi connectivity index (χ2n) is 15.8. The number of hydrogen-bond donors (Lipinski definition) is 1. The maximum Gasteiger partial charge on any atom is 0.333 e. The summed E-state index contributed by atoms with van der Waals surface area (Å²) in [7, 11) is 0. The van der Waals surface area contributed by atoms with E-state index in [1.54, 1.807) is 18.2 Å². The number of carbonyl (C=O) groups is 1. The summed E-state index contributed by atoms with van der Waals surface area (Å²) >= 11 is 13.1. The first-order valence-corrected chi connectivity index (χ1v) is 19.5. The van der Waals surface area contributed by atoms with Gasteiger partial charge in [0.25, 0.3) is 0 Å². The SMILES string of the molecule is Cc1nc2c(F)c(-c3cccc(Cl)c3Cl)c(CCC#N)cc2c2c1cc([C@H]1[C@H]3C[C@H](CN(c4cnn(C(F)F)c4)C3)N1C(=O)C1CC1)n2[C@H]1[C@H]2CN[C@@H]1C2. The van der Waals surface area contributed by atoms with Crippen LogP contribution in [0.3, 0.4) is 0 Å². The van der Waals surface area contributed by atoms with Gasteiger partial charge in [0, 0.05) is 77.2 Å². The number of aromatic nitrogens is 4. The van der Waals surface area contributed by atoms with E-state index in [9.17, 15) is 18.8 Å². The lowest BCUT2D eigenvalue weighted by Crippen LogP contribution is -2.45. The second kappa shape index (κ2) is 12.6. The van der Waals surface area contributed by atoms with Gasteiger partial charge in [-0.05, 0) is 68.7 Å². The Hall–Kier alpha value is -4.31. The van der Waals surface area contributed by atoms with Crippen LogP contribution in [0.1, 0.15) is 67.7 Å². The van der Waals surface area contributed by atoms with Crippen molar-refractivity contribution in [1.29, 1.82) is 5.26 Å². The highest BCUT2D eigenvalue weighted by Gasteiger charge is 2.55. The molecule has 14 heteroatoms. The maximum atomic E-state index is 17.3. The molecule has 6 aliphatic rings. The molecular weight excluding hydrogens is 736 g/mol. The number of halogens is 5. The Morgan fingerprint density at radius 2 is 1.96 bits per heavy atom. The summed E-state index contributed by atoms with van der Waals surface area (Å²) in [5, 5.41) is 19.3. The lowest BCUT2D eigenvalue weighted by Gasteiger charge is -2.40. The molecule has 6 fully saturated rings. The Bertz CT molecular complexity index is 2410. The summed E-state index contributed by atoms with van der Waals surface area (Å²) < 4.78 is 47.5. The molecule has 1 N–H and O–H groups in total. The molecule has 0 spiro atoms. The van der Waals surface area contributed by atoms with Crippen LogP contribution in [-0.2, 0) is 11.2 Å². The molecule has 4 saturated heterocycles. The molecule has 1 amide bonds. The number of likely N-dealkylation sites (tertiary alicyclic amines) is 1. The molecule has 3 aromatic heterocycles. The largest absolute Gasteiger partial charge is 0.367 e. The number of amides is 1. The molecule has 278 valence electrons. The van der Waals surface area contributed by atoms with Crippen molar-refractivity contribution in [3.8, 4) is 17.2 Å². The van der Waals surface area contributed by atoms with Crippen LogP contribution >= 0.6 is 23.2 Å². The zero-order valence-corrected chi connectivity index (χ0v) is 31.0. The van der Waals surface area contributed by atoms with Crippen molar-refractivity contribution in [3.63, 3.8) is 0 Å². The van der Waals surface area contributed by atoms with Gasteiger partial charge in [-0.3, -0.25) is 4.79 Å². The lowest BCUT2D eigenvalue weighted by molar-refractivity contribution is -0.135. The van der Waals surface area contributed by atoms with Crippen molar-refractivity contribution in [2.45, 2.75) is 76.2 Å². The van der Waals surface area contributed by atoms with E-state index in [4.69, 9.17) is 28.2 Å². The lowest BCUT2D eigenvalue weighted by atomic mass is 9.79. The number of hydrogen-bond acceptors (Lipinski definition) is 6. The van der Waals surface area contributed by atoms with E-state index >= 15 is 4.39 Å². The van der Waals surface area contributed by atoms with E-state index in [1.165, 1.54) is 12.4 Å². The molecule has 54 heavy (non-hydrogen) atoms. The van der Waals surface area contributed by atoms with Crippen LogP contribution < -0.4 is 10.2 Å². The monoisotopic (exact) mass is 772 g/mol. The number of nitriles is 1. The molecule has 4 aliphatic heterocycles. The van der Waals surface area contributed by atoms with Gasteiger partial charge in [-0.25, -0.2) is 14.1 Å². The molecule has 6 atom stereocenters. The van der Waals surface area contributed by atoms with Crippen molar-refractivity contribution in [2.24, 2.45) is 17.8 Å². The fourth-order valence-corrected chi connectivity index (χ4v) is 10.5. The normalized spacial score (nSPS) is 26.0. The van der Waals surface area contributed by atoms with Crippen LogP contribution in [0.2, 0.25) is 10.0 Å². The van der Waals surface area contributed by atoms with Gasteiger partial charge >= 0.3 is 6.55 Å². The van der Waals surface area contributed by atoms with Gasteiger partial charge in [0.2, 0.25) is 5.91 Å². The number of alkyl halides is 2. The number of pyridine rings is 1. The predicted octanol–water partition coefficient (Wildman–Crippen LogP) is 8.38. The molecule has 0 radical (unpaired) electrons. The van der Waals surface area contributed by atoms with Gasteiger partial charge in [-0.15, -0.1) is 0 Å². The predicted molar refractivity (Wildman–Crippen MR) is 200 cm³/mol. The van der Waals surface area contributed by atoms with Crippen LogP contribution in [0.4, 0.5) is 18.9 Å². The average Bonchev–Trinajstić information content (AvgIpc) is 3.55. The third kappa shape index (κ3) is 5.11. The first kappa shape index (κ1) is 34.2. The smallest absolute Gasteiger partial charge is 0.333 e. The third-order valence-electron chi connectivity index (χ3n) is 12.7. The molecule has 5 aromatic rings. The van der Waals surface area contributed by atoms with Crippen LogP contribution in [-0.4, -0.2) is 61.9 Å². The molecule has 2 saturated carbocycles. The van der Waals surface area contributed by atoms with Gasteiger partial charge in [0.15, 0.2) is 5.82 Å². The highest BCUT2D eigenvalue weighted by molar-refractivity contribution is 6.43. The zero-order valence-electron chi connectivity index (χ0n) is 29.5. The summed E-state index contributed by atoms with van der Waals surface area (Å²) in [5.74, 6) is 0.0103. The molecule has 0 unspecified atom stereocenters. The fourth-order valence-electron chi connectivity index (χ4n) is 10.1. The van der Waals surface area contributed by atoms with E-state index in [0.717, 1.165) is 48.8 Å². The van der Waals surface area contributed by atoms with Crippen molar-refractivity contribution in [1.82, 2.24) is 29.5 Å². The van der Waals surface area contributed by atoms with Gasteiger partial charge in [-0.1, -0.05) is 35.3 Å². The molecule has 9 nitrogen and oxygen atoms in total. The highest BCUT2D eigenvalue weighted by atomic mass is 35.5. The number of carbonyl (C=O) groups excluding carboxylic acids is 1. The van der Waals surface area contributed by atoms with Crippen LogP contribution in [0.25, 0.3) is 32.9 Å². The van der Waals surface area contributed by atoms with E-state index < -0.39 is 12.4 Å². The van der Waals surface area contributed by atoms with Crippen LogP contribution in [0, 0.1) is 41.8 Å². The Morgan fingerprint density at radius 1 is 1.13 bits per heavy atom. The summed E-state index contributed by atoms with van der Waals surface area (Å²) in [6.07, 6.45) is 6.91. The number of fused-ring (bicyclic) bond motifs is 6. The summed E-state index contributed by atoms with van der Waals surface area (Å²) in [6, 6.07) is 11.5. The Balaban J connectivity index is 1.20. The van der Waals surface area contributed by atoms with Crippen molar-refractivity contribution in [2.75, 3.05) is 24.5 Å². The van der Waals surface area contributed by atoms with Gasteiger partial charge < -0.3 is 19.7 Å². The van der Waals surface area contributed by atoms with E-state index in [2.05, 4.69) is 36.9 Å². The number of nitrogens with zero attached hydrogens (tertiary/aromatic N) is 7. The molecule has 2 aromatic carbocycles. The summed E-state index contributed by atoms with van der Waals surface area (Å²) in [5.41, 5.74) is 4.79. The first-order valence-electron chi connectivity index (χ1n) is 18.7. The van der Waals surface area contributed by atoms with E-state index in [0.29, 0.717) is 68.6 Å². The standard InChI is InChI=1S/C40H37Cl2F3N8O/c1-19-27-13-31(37-23-10-24(52(37)39(54)20-7-8-20)17-50(16-23)25-15-48-51(18-25)40(44)45)53(36-22-12-30(36)47-14-22)38(27)28-11-21(4-3-9-46)32(34(43)35(28)49-19)26-5-2-6-29(41)33(26)42/h2,5-6,11,13,15,18,20,22-24,30,36-37,40,47H,3-4,7-8,10,12,14,16-17H2,1H3/t22-,23+,24-,30-,36+,37-/m1/s1. The number of benzene rings is 2. The number of anilines is 1. The maximum absolute atomic E-state index is 17.3. The van der Waals surface area contributed by atoms with Crippen LogP contribution in [0.15, 0.2) is 42.7 Å². The fraction of sp³-hybridized carbons (Fsp3) is 0.450. The van der Waals surface area contributed by atoms with Crippen molar-refractivity contribution >= 4 is 56.6 Å². The molecular formula is C40H37Cl2F3N8O. The highest BCUT2D eigenvalue weighted by Crippen LogP contribution is 2.54. The van der Waals surface area contributed by atoms with E-state index in [1.807, 2.05) is 13.0 Å². The number of rotatable bonds is 8. The van der Waals surface area contributed by atoms with Gasteiger partial charge in [0.1, 0.15) is 5.52 Å². The topological polar surface area (TPSA) is 95.0 Å². The van der Waals surface area contributed by atoms with Gasteiger partial charge in [-0.2, -0.15) is 19.1 Å². The summed E-state index contributed by atoms with van der Waals surface area (Å²) in [4.78, 5) is 23.5. The van der Waals surface area contributed by atoms with Crippen molar-refractivity contribution in [3.05, 3.63) is 75.5 Å². The zero-order chi connectivity index (χ0) is 37.2. The number of aryl methyl sites for hydroxylation is 2. The van der Waals surface area contributed by atoms with Crippen molar-refractivity contribution < 1.29 is 18.0 Å². The summed E-state index contributed by atoms with van der Waals surface area (Å²) in [6.45, 7) is 1.15. The average molecular weight is 774 g/mol. The van der Waals surface area contributed by atoms with Crippen LogP contribution in [0.5, 0.6) is 0 Å². The quantitative estimate of drug-likeness (QED) is 0.170. The minimum Gasteiger partial charge on any atom is -0.367 e. The molecule has 11 rings (SSSR count). The Labute approximate surface area is 319 Å². The minimum absolute atomic E-state index is 0.0148. The Morgan fingerprint density at radius 3 is 2.67 bits per heavy atom. The number of piperidine rings is 1. The first-order chi connectivity index (χ1) is 26.1. The molecule has 2 aliphatic carbocycles. The molecule has 4 bridgehead atoms. The number of nitrogens with one attached hydrogen (secondary N) is 1. The van der Waals surface area contributed by atoms with Gasteiger partial charge in [0.05, 0.1) is 57.8 Å². The minimum atomic E-state index is -2.74. The molecule has 7 heterocycles. The third-order valence-corrected chi connectivity index (χ3v) is 13.5. The Kier molecular flexibility index (Phi) is 7.99.